The van der Waals surface area contributed by atoms with Crippen LogP contribution in [0.15, 0.2) is 53.4 Å². The Morgan fingerprint density at radius 2 is 1.69 bits per heavy atom. The summed E-state index contributed by atoms with van der Waals surface area (Å²) >= 11 is 13.3. The first-order chi connectivity index (χ1) is 19.7. The molecule has 1 aromatic heterocycles. The van der Waals surface area contributed by atoms with Crippen molar-refractivity contribution in [3.8, 4) is 0 Å². The molecule has 2 bridgehead atoms. The molecule has 9 nitrogen and oxygen atoms in total. The molecule has 0 saturated carbocycles. The van der Waals surface area contributed by atoms with Crippen LogP contribution in [0.25, 0.3) is 10.1 Å². The van der Waals surface area contributed by atoms with Gasteiger partial charge < -0.3 is 15.1 Å². The lowest BCUT2D eigenvalue weighted by Gasteiger charge is -2.39. The molecule has 2 aliphatic heterocycles. The van der Waals surface area contributed by atoms with Crippen LogP contribution in [0.3, 0.4) is 0 Å². The molecule has 2 saturated heterocycles. The van der Waals surface area contributed by atoms with Crippen molar-refractivity contribution in [1.29, 1.82) is 0 Å². The lowest BCUT2D eigenvalue weighted by molar-refractivity contribution is -0.142. The highest BCUT2D eigenvalue weighted by Crippen LogP contribution is 2.38. The number of carbonyl (C=O) groups is 3. The molecule has 13 heteroatoms. The van der Waals surface area contributed by atoms with Crippen molar-refractivity contribution >= 4 is 72.4 Å². The van der Waals surface area contributed by atoms with E-state index in [4.69, 9.17) is 23.2 Å². The molecule has 2 fully saturated rings. The Bertz CT molecular complexity index is 1640. The van der Waals surface area contributed by atoms with E-state index in [2.05, 4.69) is 10.0 Å². The van der Waals surface area contributed by atoms with Gasteiger partial charge in [0.1, 0.15) is 10.9 Å². The minimum atomic E-state index is -4.05. The summed E-state index contributed by atoms with van der Waals surface area (Å²) in [6.45, 7) is 7.85. The average Bonchev–Trinajstić information content (AvgIpc) is 3.59. The van der Waals surface area contributed by atoms with Crippen LogP contribution >= 0.6 is 34.5 Å². The fourth-order valence-electron chi connectivity index (χ4n) is 5.71. The van der Waals surface area contributed by atoms with Crippen LogP contribution < -0.4 is 10.0 Å². The highest BCUT2D eigenvalue weighted by molar-refractivity contribution is 7.89. The second-order valence-corrected chi connectivity index (χ2v) is 15.5. The standard InChI is InChI=1S/C29H32Cl2N4O5S2/c1-16-20-15-35(21(16)14-34(20)25(36)13-32-42(39,40)24-10-9-18(30)12-19(24)31)28(38)26(29(2,3)4)33-27(37)23-11-17-7-5-6-8-22(17)41-23/h5-12,16,20-21,26,32H,13-15H2,1-4H3,(H,33,37)/t16-,20-,21-,26?/m1/s1. The van der Waals surface area contributed by atoms with Crippen LogP contribution in [0.5, 0.6) is 0 Å². The SMILES string of the molecule is C[C@@H]1[C@H]2CN(C(=O)C(NC(=O)c3cc4ccccc4s3)C(C)(C)C)[C@@H]1CN2C(=O)CNS(=O)(=O)c1ccc(Cl)cc1Cl. The summed E-state index contributed by atoms with van der Waals surface area (Å²) in [5.74, 6) is -0.895. The van der Waals surface area contributed by atoms with E-state index in [1.165, 1.54) is 29.5 Å². The maximum absolute atomic E-state index is 13.9. The van der Waals surface area contributed by atoms with Gasteiger partial charge in [0.15, 0.2) is 0 Å². The zero-order chi connectivity index (χ0) is 30.6. The van der Waals surface area contributed by atoms with Crippen LogP contribution in [0.2, 0.25) is 10.0 Å². The largest absolute Gasteiger partial charge is 0.339 e. The van der Waals surface area contributed by atoms with Crippen LogP contribution in [0.1, 0.15) is 37.4 Å². The van der Waals surface area contributed by atoms with Crippen molar-refractivity contribution in [1.82, 2.24) is 19.8 Å². The van der Waals surface area contributed by atoms with Gasteiger partial charge in [-0.15, -0.1) is 11.3 Å². The number of nitrogens with zero attached hydrogens (tertiary/aromatic N) is 2. The van der Waals surface area contributed by atoms with Crippen LogP contribution in [-0.2, 0) is 19.6 Å². The first-order valence-corrected chi connectivity index (χ1v) is 16.6. The van der Waals surface area contributed by atoms with Gasteiger partial charge >= 0.3 is 0 Å². The second-order valence-electron chi connectivity index (χ2n) is 11.9. The van der Waals surface area contributed by atoms with E-state index in [0.29, 0.717) is 16.4 Å². The number of thiophene rings is 1. The first-order valence-electron chi connectivity index (χ1n) is 13.5. The lowest BCUT2D eigenvalue weighted by atomic mass is 9.85. The topological polar surface area (TPSA) is 116 Å². The molecule has 2 aliphatic rings. The molecule has 2 N–H and O–H groups in total. The van der Waals surface area contributed by atoms with Crippen molar-refractivity contribution in [2.24, 2.45) is 11.3 Å². The van der Waals surface area contributed by atoms with E-state index in [-0.39, 0.29) is 52.2 Å². The van der Waals surface area contributed by atoms with E-state index in [1.807, 2.05) is 58.0 Å². The zero-order valence-electron chi connectivity index (χ0n) is 23.6. The highest BCUT2D eigenvalue weighted by Gasteiger charge is 2.54. The summed E-state index contributed by atoms with van der Waals surface area (Å²) in [5, 5.41) is 4.21. The highest BCUT2D eigenvalue weighted by atomic mass is 35.5. The summed E-state index contributed by atoms with van der Waals surface area (Å²) in [5.41, 5.74) is -0.564. The lowest BCUT2D eigenvalue weighted by Crippen LogP contribution is -2.59. The van der Waals surface area contributed by atoms with Crippen LogP contribution in [0, 0.1) is 11.3 Å². The molecule has 2 aromatic carbocycles. The quantitative estimate of drug-likeness (QED) is 0.394. The number of hydrogen-bond acceptors (Lipinski definition) is 6. The Hall–Kier alpha value is -2.70. The number of halogens is 2. The number of rotatable bonds is 7. The minimum Gasteiger partial charge on any atom is -0.339 e. The van der Waals surface area contributed by atoms with Gasteiger partial charge in [0.2, 0.25) is 21.8 Å². The summed E-state index contributed by atoms with van der Waals surface area (Å²) in [6.07, 6.45) is 0. The number of likely N-dealkylation sites (tertiary alicyclic amines) is 2. The maximum Gasteiger partial charge on any atom is 0.262 e. The molecule has 1 unspecified atom stereocenters. The number of hydrogen-bond donors (Lipinski definition) is 2. The van der Waals surface area contributed by atoms with Crippen molar-refractivity contribution in [2.45, 2.75) is 50.7 Å². The Morgan fingerprint density at radius 1 is 1.02 bits per heavy atom. The first kappa shape index (κ1) is 30.7. The summed E-state index contributed by atoms with van der Waals surface area (Å²) in [6, 6.07) is 12.3. The number of sulfonamides is 1. The number of fused-ring (bicyclic) bond motifs is 3. The molecule has 0 radical (unpaired) electrons. The van der Waals surface area contributed by atoms with Crippen molar-refractivity contribution < 1.29 is 22.8 Å². The Morgan fingerprint density at radius 3 is 2.31 bits per heavy atom. The van der Waals surface area contributed by atoms with Gasteiger partial charge in [0.25, 0.3) is 5.91 Å². The van der Waals surface area contributed by atoms with Crippen molar-refractivity contribution in [3.05, 3.63) is 63.5 Å². The molecular formula is C29H32Cl2N4O5S2. The Kier molecular flexibility index (Phi) is 8.36. The number of nitrogens with one attached hydrogen (secondary N) is 2. The van der Waals surface area contributed by atoms with Gasteiger partial charge in [-0.05, 0) is 41.1 Å². The van der Waals surface area contributed by atoms with Gasteiger partial charge in [0, 0.05) is 28.7 Å². The molecule has 3 amide bonds. The number of piperazine rings is 1. The fraction of sp³-hybridized carbons (Fsp3) is 0.414. The van der Waals surface area contributed by atoms with Crippen molar-refractivity contribution in [2.75, 3.05) is 19.6 Å². The van der Waals surface area contributed by atoms with E-state index in [1.54, 1.807) is 9.80 Å². The average molecular weight is 652 g/mol. The van der Waals surface area contributed by atoms with Crippen LogP contribution in [-0.4, -0.2) is 73.7 Å². The molecule has 4 atom stereocenters. The molecule has 5 rings (SSSR count). The Labute approximate surface area is 259 Å². The molecule has 224 valence electrons. The van der Waals surface area contributed by atoms with E-state index >= 15 is 0 Å². The van der Waals surface area contributed by atoms with E-state index in [0.717, 1.165) is 10.1 Å². The number of benzene rings is 2. The summed E-state index contributed by atoms with van der Waals surface area (Å²) in [7, 11) is -4.05. The molecule has 3 aromatic rings. The monoisotopic (exact) mass is 650 g/mol. The second kappa shape index (κ2) is 11.4. The number of carbonyl (C=O) groups excluding carboxylic acids is 3. The molecule has 3 heterocycles. The van der Waals surface area contributed by atoms with Gasteiger partial charge in [-0.2, -0.15) is 0 Å². The molecule has 0 aliphatic carbocycles. The van der Waals surface area contributed by atoms with Gasteiger partial charge in [0.05, 0.1) is 28.5 Å². The third-order valence-electron chi connectivity index (χ3n) is 8.02. The maximum atomic E-state index is 13.9. The third kappa shape index (κ3) is 5.90. The van der Waals surface area contributed by atoms with Crippen LogP contribution in [0.4, 0.5) is 0 Å². The fourth-order valence-corrected chi connectivity index (χ4v) is 8.42. The molecule has 42 heavy (non-hydrogen) atoms. The van der Waals surface area contributed by atoms with E-state index < -0.39 is 28.0 Å². The van der Waals surface area contributed by atoms with Gasteiger partial charge in [-0.3, -0.25) is 14.4 Å². The van der Waals surface area contributed by atoms with Crippen molar-refractivity contribution in [3.63, 3.8) is 0 Å². The third-order valence-corrected chi connectivity index (χ3v) is 11.3. The zero-order valence-corrected chi connectivity index (χ0v) is 26.7. The summed E-state index contributed by atoms with van der Waals surface area (Å²) < 4.78 is 28.9. The predicted molar refractivity (Wildman–Crippen MR) is 164 cm³/mol. The summed E-state index contributed by atoms with van der Waals surface area (Å²) in [4.78, 5) is 44.1. The van der Waals surface area contributed by atoms with Gasteiger partial charge in [-0.1, -0.05) is 69.1 Å². The minimum absolute atomic E-state index is 0.0147. The smallest absolute Gasteiger partial charge is 0.262 e. The van der Waals surface area contributed by atoms with Gasteiger partial charge in [-0.25, -0.2) is 13.1 Å². The molecule has 0 spiro atoms. The number of amides is 3. The van der Waals surface area contributed by atoms with E-state index in [9.17, 15) is 22.8 Å². The predicted octanol–water partition coefficient (Wildman–Crippen LogP) is 4.39. The Balaban J connectivity index is 1.25. The normalized spacial score (nSPS) is 21.1. The molecular weight excluding hydrogens is 619 g/mol.